The molecule has 2 aliphatic rings. The fourth-order valence-corrected chi connectivity index (χ4v) is 4.34. The minimum atomic E-state index is -2.97. The average Bonchev–Trinajstić information content (AvgIpc) is 2.79. The Morgan fingerprint density at radius 3 is 2.52 bits per heavy atom. The van der Waals surface area contributed by atoms with Crippen molar-refractivity contribution in [3.05, 3.63) is 11.8 Å². The van der Waals surface area contributed by atoms with Gasteiger partial charge in [0.2, 0.25) is 0 Å². The largest absolute Gasteiger partial charge is 0.386 e. The zero-order chi connectivity index (χ0) is 15.5. The number of piperidine rings is 1. The van der Waals surface area contributed by atoms with Crippen molar-refractivity contribution >= 4 is 15.7 Å². The van der Waals surface area contributed by atoms with Crippen LogP contribution in [0.3, 0.4) is 0 Å². The summed E-state index contributed by atoms with van der Waals surface area (Å²) < 4.78 is 22.7. The molecule has 0 aliphatic carbocycles. The van der Waals surface area contributed by atoms with Crippen LogP contribution in [0.5, 0.6) is 0 Å². The molecule has 2 aliphatic heterocycles. The van der Waals surface area contributed by atoms with Crippen LogP contribution < -0.4 is 5.32 Å². The number of sulfone groups is 1. The minimum Gasteiger partial charge on any atom is -0.386 e. The van der Waals surface area contributed by atoms with Gasteiger partial charge in [-0.25, -0.2) is 8.42 Å². The summed E-state index contributed by atoms with van der Waals surface area (Å²) in [5.41, 5.74) is 0.0499. The number of nitrogens with zero attached hydrogens (tertiary/aromatic N) is 2. The quantitative estimate of drug-likeness (QED) is 0.603. The van der Waals surface area contributed by atoms with Gasteiger partial charge in [0.25, 0.3) is 5.91 Å². The second-order valence-electron chi connectivity index (χ2n) is 5.91. The van der Waals surface area contributed by atoms with E-state index in [0.717, 1.165) is 12.8 Å². The van der Waals surface area contributed by atoms with Gasteiger partial charge in [0.05, 0.1) is 11.5 Å². The lowest BCUT2D eigenvalue weighted by atomic mass is 9.99. The van der Waals surface area contributed by atoms with Crippen LogP contribution in [0, 0.1) is 17.2 Å². The smallest absolute Gasteiger partial charge is 0.265 e. The van der Waals surface area contributed by atoms with Gasteiger partial charge in [0.15, 0.2) is 9.84 Å². The van der Waals surface area contributed by atoms with E-state index in [1.807, 2.05) is 6.07 Å². The van der Waals surface area contributed by atoms with Crippen LogP contribution in [0.1, 0.15) is 26.2 Å². The zero-order valence-electron chi connectivity index (χ0n) is 12.2. The molecule has 0 aromatic carbocycles. The van der Waals surface area contributed by atoms with Crippen molar-refractivity contribution in [3.63, 3.8) is 0 Å². The van der Waals surface area contributed by atoms with Gasteiger partial charge in [-0.15, -0.1) is 0 Å². The number of nitrogens with one attached hydrogen (secondary N) is 1. The van der Waals surface area contributed by atoms with E-state index in [4.69, 9.17) is 5.26 Å². The molecule has 2 saturated heterocycles. The maximum atomic E-state index is 12.2. The Morgan fingerprint density at radius 1 is 1.33 bits per heavy atom. The third kappa shape index (κ3) is 4.21. The number of amides is 1. The van der Waals surface area contributed by atoms with Gasteiger partial charge < -0.3 is 10.2 Å². The van der Waals surface area contributed by atoms with Crippen LogP contribution in [0.4, 0.5) is 0 Å². The first-order valence-corrected chi connectivity index (χ1v) is 9.09. The highest BCUT2D eigenvalue weighted by molar-refractivity contribution is 7.91. The summed E-state index contributed by atoms with van der Waals surface area (Å²) >= 11 is 0. The highest BCUT2D eigenvalue weighted by Gasteiger charge is 2.28. The molecule has 2 fully saturated rings. The topological polar surface area (TPSA) is 90.3 Å². The molecule has 1 amide bonds. The molecule has 1 atom stereocenters. The molecule has 0 aromatic rings. The first kappa shape index (κ1) is 15.8. The molecule has 116 valence electrons. The molecule has 0 saturated carbocycles. The molecule has 0 aromatic heterocycles. The average molecular weight is 311 g/mol. The normalized spacial score (nSPS) is 26.4. The lowest BCUT2D eigenvalue weighted by molar-refractivity contribution is -0.128. The van der Waals surface area contributed by atoms with E-state index < -0.39 is 9.84 Å². The first-order chi connectivity index (χ1) is 9.91. The highest BCUT2D eigenvalue weighted by Crippen LogP contribution is 2.17. The van der Waals surface area contributed by atoms with Gasteiger partial charge in [-0.1, -0.05) is 6.92 Å². The lowest BCUT2D eigenvalue weighted by Gasteiger charge is -2.30. The standard InChI is InChI=1S/C14H21N3O3S/c1-11-2-5-17(6-3-11)14(18)12(8-15)9-16-13-4-7-21(19,20)10-13/h9,11,13,16H,2-7,10H2,1H3/b12-9-. The summed E-state index contributed by atoms with van der Waals surface area (Å²) in [5.74, 6) is 0.582. The number of carbonyl (C=O) groups is 1. The Morgan fingerprint density at radius 2 is 2.00 bits per heavy atom. The fourth-order valence-electron chi connectivity index (χ4n) is 2.65. The second kappa shape index (κ2) is 6.48. The number of nitriles is 1. The van der Waals surface area contributed by atoms with Crippen LogP contribution in [-0.2, 0) is 14.6 Å². The molecule has 0 spiro atoms. The maximum absolute atomic E-state index is 12.2. The molecular weight excluding hydrogens is 290 g/mol. The third-order valence-electron chi connectivity index (χ3n) is 4.12. The SMILES string of the molecule is CC1CCN(C(=O)/C(C#N)=C\NC2CCS(=O)(=O)C2)CC1. The van der Waals surface area contributed by atoms with E-state index in [2.05, 4.69) is 12.2 Å². The highest BCUT2D eigenvalue weighted by atomic mass is 32.2. The molecule has 21 heavy (non-hydrogen) atoms. The number of carbonyl (C=O) groups excluding carboxylic acids is 1. The molecule has 7 heteroatoms. The van der Waals surface area contributed by atoms with Crippen molar-refractivity contribution in [3.8, 4) is 6.07 Å². The van der Waals surface area contributed by atoms with E-state index in [9.17, 15) is 13.2 Å². The summed E-state index contributed by atoms with van der Waals surface area (Å²) in [6.45, 7) is 3.51. The molecule has 6 nitrogen and oxygen atoms in total. The number of hydrogen-bond acceptors (Lipinski definition) is 5. The first-order valence-electron chi connectivity index (χ1n) is 7.27. The van der Waals surface area contributed by atoms with Gasteiger partial charge in [0.1, 0.15) is 11.6 Å². The predicted octanol–water partition coefficient (Wildman–Crippen LogP) is 0.429. The monoisotopic (exact) mass is 311 g/mol. The molecule has 0 radical (unpaired) electrons. The molecule has 2 heterocycles. The number of hydrogen-bond donors (Lipinski definition) is 1. The summed E-state index contributed by atoms with van der Waals surface area (Å²) in [6, 6.07) is 1.71. The van der Waals surface area contributed by atoms with Crippen molar-refractivity contribution in [2.45, 2.75) is 32.2 Å². The third-order valence-corrected chi connectivity index (χ3v) is 5.89. The molecule has 2 rings (SSSR count). The predicted molar refractivity (Wildman–Crippen MR) is 78.9 cm³/mol. The van der Waals surface area contributed by atoms with E-state index in [1.54, 1.807) is 4.90 Å². The van der Waals surface area contributed by atoms with E-state index >= 15 is 0 Å². The van der Waals surface area contributed by atoms with Gasteiger partial charge >= 0.3 is 0 Å². The van der Waals surface area contributed by atoms with Crippen molar-refractivity contribution in [1.82, 2.24) is 10.2 Å². The number of likely N-dealkylation sites (tertiary alicyclic amines) is 1. The summed E-state index contributed by atoms with van der Waals surface area (Å²) in [5, 5.41) is 12.0. The Labute approximate surface area is 125 Å². The Bertz CT molecular complexity index is 569. The van der Waals surface area contributed by atoms with Crippen molar-refractivity contribution in [2.75, 3.05) is 24.6 Å². The van der Waals surface area contributed by atoms with Crippen molar-refractivity contribution in [1.29, 1.82) is 5.26 Å². The second-order valence-corrected chi connectivity index (χ2v) is 8.14. The molecule has 1 unspecified atom stereocenters. The van der Waals surface area contributed by atoms with Crippen LogP contribution in [-0.4, -0.2) is 49.9 Å². The van der Waals surface area contributed by atoms with Crippen molar-refractivity contribution < 1.29 is 13.2 Å². The Hall–Kier alpha value is -1.55. The van der Waals surface area contributed by atoms with Crippen LogP contribution >= 0.6 is 0 Å². The van der Waals surface area contributed by atoms with Crippen LogP contribution in [0.15, 0.2) is 11.8 Å². The lowest BCUT2D eigenvalue weighted by Crippen LogP contribution is -2.39. The molecular formula is C14H21N3O3S. The van der Waals surface area contributed by atoms with E-state index in [-0.39, 0.29) is 29.0 Å². The van der Waals surface area contributed by atoms with Crippen LogP contribution in [0.2, 0.25) is 0 Å². The minimum absolute atomic E-state index is 0.0499. The zero-order valence-corrected chi connectivity index (χ0v) is 13.0. The Balaban J connectivity index is 1.94. The summed E-state index contributed by atoms with van der Waals surface area (Å²) in [4.78, 5) is 13.9. The molecule has 1 N–H and O–H groups in total. The van der Waals surface area contributed by atoms with Gasteiger partial charge in [0, 0.05) is 25.3 Å². The van der Waals surface area contributed by atoms with Crippen LogP contribution in [0.25, 0.3) is 0 Å². The molecule has 0 bridgehead atoms. The van der Waals surface area contributed by atoms with Gasteiger partial charge in [-0.05, 0) is 25.2 Å². The number of rotatable bonds is 3. The summed E-state index contributed by atoms with van der Waals surface area (Å²) in [7, 11) is -2.97. The van der Waals surface area contributed by atoms with E-state index in [1.165, 1.54) is 6.20 Å². The maximum Gasteiger partial charge on any atom is 0.265 e. The van der Waals surface area contributed by atoms with Gasteiger partial charge in [-0.2, -0.15) is 5.26 Å². The van der Waals surface area contributed by atoms with E-state index in [0.29, 0.717) is 25.4 Å². The Kier molecular flexibility index (Phi) is 4.88. The fraction of sp³-hybridized carbons (Fsp3) is 0.714. The van der Waals surface area contributed by atoms with Crippen molar-refractivity contribution in [2.24, 2.45) is 5.92 Å². The van der Waals surface area contributed by atoms with Gasteiger partial charge in [-0.3, -0.25) is 4.79 Å². The summed E-state index contributed by atoms with van der Waals surface area (Å²) in [6.07, 6.45) is 3.82.